The largest absolute Gasteiger partial charge is 0.375 e. The minimum atomic E-state index is -0.138. The summed E-state index contributed by atoms with van der Waals surface area (Å²) in [6.45, 7) is 7.36. The highest BCUT2D eigenvalue weighted by Crippen LogP contribution is 2.07. The van der Waals surface area contributed by atoms with E-state index in [1.54, 1.807) is 0 Å². The van der Waals surface area contributed by atoms with Gasteiger partial charge in [0.1, 0.15) is 9.39 Å². The number of halogens is 1. The Bertz CT molecular complexity index is 417. The van der Waals surface area contributed by atoms with E-state index in [-0.39, 0.29) is 5.56 Å². The van der Waals surface area contributed by atoms with E-state index in [4.69, 9.17) is 4.74 Å². The van der Waals surface area contributed by atoms with Crippen molar-refractivity contribution in [3.8, 4) is 0 Å². The molecule has 0 saturated carbocycles. The van der Waals surface area contributed by atoms with Gasteiger partial charge in [-0.25, -0.2) is 4.98 Å². The number of nitrogens with one attached hydrogen (secondary N) is 2. The smallest absolute Gasteiger partial charge is 0.266 e. The SMILES string of the molecule is C=C(C)COCCNc1nc[nH]c(=O)c1I. The lowest BCUT2D eigenvalue weighted by atomic mass is 10.4. The van der Waals surface area contributed by atoms with Crippen molar-refractivity contribution in [2.45, 2.75) is 6.92 Å². The monoisotopic (exact) mass is 335 g/mol. The molecule has 0 saturated heterocycles. The van der Waals surface area contributed by atoms with E-state index >= 15 is 0 Å². The van der Waals surface area contributed by atoms with Gasteiger partial charge in [0.2, 0.25) is 0 Å². The van der Waals surface area contributed by atoms with Gasteiger partial charge in [0, 0.05) is 6.54 Å². The van der Waals surface area contributed by atoms with Crippen LogP contribution in [-0.2, 0) is 4.74 Å². The third-order valence-corrected chi connectivity index (χ3v) is 2.68. The maximum Gasteiger partial charge on any atom is 0.266 e. The number of rotatable bonds is 6. The number of aromatic nitrogens is 2. The summed E-state index contributed by atoms with van der Waals surface area (Å²) in [6.07, 6.45) is 1.38. The second-order valence-electron chi connectivity index (χ2n) is 3.33. The van der Waals surface area contributed by atoms with Crippen molar-refractivity contribution >= 4 is 28.4 Å². The first-order chi connectivity index (χ1) is 7.61. The minimum absolute atomic E-state index is 0.138. The first-order valence-corrected chi connectivity index (χ1v) is 5.88. The zero-order chi connectivity index (χ0) is 12.0. The Morgan fingerprint density at radius 1 is 1.75 bits per heavy atom. The van der Waals surface area contributed by atoms with Crippen molar-refractivity contribution < 1.29 is 4.74 Å². The van der Waals surface area contributed by atoms with E-state index in [2.05, 4.69) is 21.9 Å². The van der Waals surface area contributed by atoms with Crippen LogP contribution in [0.15, 0.2) is 23.3 Å². The maximum atomic E-state index is 11.2. The first-order valence-electron chi connectivity index (χ1n) is 4.80. The van der Waals surface area contributed by atoms with Crippen molar-refractivity contribution in [1.29, 1.82) is 0 Å². The fourth-order valence-corrected chi connectivity index (χ4v) is 1.48. The van der Waals surface area contributed by atoms with Crippen LogP contribution in [0.2, 0.25) is 0 Å². The molecule has 1 aromatic heterocycles. The summed E-state index contributed by atoms with van der Waals surface area (Å²) < 4.78 is 5.86. The summed E-state index contributed by atoms with van der Waals surface area (Å²) in [4.78, 5) is 17.8. The van der Waals surface area contributed by atoms with Gasteiger partial charge in [0.25, 0.3) is 5.56 Å². The Kier molecular flexibility index (Phi) is 5.47. The molecule has 6 heteroatoms. The predicted molar refractivity (Wildman–Crippen MR) is 71.7 cm³/mol. The molecule has 0 atom stereocenters. The molecule has 0 fully saturated rings. The molecule has 0 aliphatic carbocycles. The van der Waals surface area contributed by atoms with E-state index in [1.807, 2.05) is 29.5 Å². The van der Waals surface area contributed by atoms with Gasteiger partial charge < -0.3 is 15.0 Å². The summed E-state index contributed by atoms with van der Waals surface area (Å²) in [5, 5.41) is 3.03. The summed E-state index contributed by atoms with van der Waals surface area (Å²) in [5.74, 6) is 0.586. The molecule has 0 amide bonds. The van der Waals surface area contributed by atoms with Gasteiger partial charge in [-0.05, 0) is 29.5 Å². The molecule has 0 aliphatic rings. The van der Waals surface area contributed by atoms with Crippen LogP contribution in [0.3, 0.4) is 0 Å². The molecule has 0 aliphatic heterocycles. The van der Waals surface area contributed by atoms with E-state index < -0.39 is 0 Å². The van der Waals surface area contributed by atoms with Crippen LogP contribution >= 0.6 is 22.6 Å². The van der Waals surface area contributed by atoms with Crippen molar-refractivity contribution in [2.24, 2.45) is 0 Å². The Balaban J connectivity index is 2.35. The van der Waals surface area contributed by atoms with Gasteiger partial charge in [-0.2, -0.15) is 0 Å². The molecule has 88 valence electrons. The fraction of sp³-hybridized carbons (Fsp3) is 0.400. The van der Waals surface area contributed by atoms with Gasteiger partial charge in [-0.15, -0.1) is 0 Å². The highest BCUT2D eigenvalue weighted by Gasteiger charge is 2.03. The zero-order valence-electron chi connectivity index (χ0n) is 9.05. The van der Waals surface area contributed by atoms with Crippen LogP contribution in [0.25, 0.3) is 0 Å². The third-order valence-electron chi connectivity index (χ3n) is 1.68. The van der Waals surface area contributed by atoms with Crippen molar-refractivity contribution in [1.82, 2.24) is 9.97 Å². The average molecular weight is 335 g/mol. The summed E-state index contributed by atoms with van der Waals surface area (Å²) in [7, 11) is 0. The highest BCUT2D eigenvalue weighted by molar-refractivity contribution is 14.1. The molecule has 0 unspecified atom stereocenters. The van der Waals surface area contributed by atoms with E-state index in [9.17, 15) is 4.79 Å². The average Bonchev–Trinajstić information content (AvgIpc) is 2.23. The van der Waals surface area contributed by atoms with Crippen molar-refractivity contribution in [3.63, 3.8) is 0 Å². The van der Waals surface area contributed by atoms with Gasteiger partial charge in [-0.1, -0.05) is 12.2 Å². The quantitative estimate of drug-likeness (QED) is 0.468. The summed E-state index contributed by atoms with van der Waals surface area (Å²) >= 11 is 1.95. The molecule has 1 rings (SSSR count). The molecular formula is C10H14IN3O2. The van der Waals surface area contributed by atoms with E-state index in [1.165, 1.54) is 6.33 Å². The number of H-pyrrole nitrogens is 1. The van der Waals surface area contributed by atoms with Gasteiger partial charge >= 0.3 is 0 Å². The first kappa shape index (κ1) is 13.2. The fourth-order valence-electron chi connectivity index (χ4n) is 0.994. The lowest BCUT2D eigenvalue weighted by molar-refractivity contribution is 0.167. The molecule has 0 bridgehead atoms. The Morgan fingerprint density at radius 3 is 3.19 bits per heavy atom. The minimum Gasteiger partial charge on any atom is -0.375 e. The van der Waals surface area contributed by atoms with Gasteiger partial charge in [-0.3, -0.25) is 4.79 Å². The molecule has 0 aromatic carbocycles. The molecule has 5 nitrogen and oxygen atoms in total. The van der Waals surface area contributed by atoms with Crippen LogP contribution in [0.5, 0.6) is 0 Å². The Morgan fingerprint density at radius 2 is 2.50 bits per heavy atom. The highest BCUT2D eigenvalue weighted by atomic mass is 127. The number of anilines is 1. The standard InChI is InChI=1S/C10H14IN3O2/c1-7(2)5-16-4-3-12-9-8(11)10(15)14-6-13-9/h6H,1,3-5H2,2H3,(H2,12,13,14,15). The van der Waals surface area contributed by atoms with Crippen LogP contribution in [0.4, 0.5) is 5.82 Å². The Hall–Kier alpha value is -0.890. The number of hydrogen-bond donors (Lipinski definition) is 2. The number of aromatic amines is 1. The Labute approximate surface area is 107 Å². The summed E-state index contributed by atoms with van der Waals surface area (Å²) in [6, 6.07) is 0. The van der Waals surface area contributed by atoms with E-state index in [0.29, 0.717) is 29.1 Å². The normalized spacial score (nSPS) is 10.1. The maximum absolute atomic E-state index is 11.2. The molecule has 2 N–H and O–H groups in total. The van der Waals surface area contributed by atoms with Crippen LogP contribution in [0.1, 0.15) is 6.92 Å². The number of nitrogens with zero attached hydrogens (tertiary/aromatic N) is 1. The molecular weight excluding hydrogens is 321 g/mol. The van der Waals surface area contributed by atoms with Crippen LogP contribution in [-0.4, -0.2) is 29.7 Å². The molecule has 16 heavy (non-hydrogen) atoms. The zero-order valence-corrected chi connectivity index (χ0v) is 11.2. The second kappa shape index (κ2) is 6.64. The van der Waals surface area contributed by atoms with E-state index in [0.717, 1.165) is 5.57 Å². The number of ether oxygens (including phenoxy) is 1. The molecule has 0 radical (unpaired) electrons. The molecule has 0 spiro atoms. The number of hydrogen-bond acceptors (Lipinski definition) is 4. The summed E-state index contributed by atoms with van der Waals surface area (Å²) in [5.41, 5.74) is 0.852. The van der Waals surface area contributed by atoms with Crippen molar-refractivity contribution in [2.75, 3.05) is 25.1 Å². The van der Waals surface area contributed by atoms with Gasteiger partial charge in [0.15, 0.2) is 0 Å². The van der Waals surface area contributed by atoms with Gasteiger partial charge in [0.05, 0.1) is 19.5 Å². The second-order valence-corrected chi connectivity index (χ2v) is 4.41. The lowest BCUT2D eigenvalue weighted by Gasteiger charge is -2.07. The van der Waals surface area contributed by atoms with Crippen LogP contribution in [0, 0.1) is 3.57 Å². The topological polar surface area (TPSA) is 67.0 Å². The van der Waals surface area contributed by atoms with Crippen LogP contribution < -0.4 is 10.9 Å². The molecule has 1 aromatic rings. The predicted octanol–water partition coefficient (Wildman–Crippen LogP) is 1.38. The lowest BCUT2D eigenvalue weighted by Crippen LogP contribution is -2.17. The molecule has 1 heterocycles. The van der Waals surface area contributed by atoms with Crippen molar-refractivity contribution in [3.05, 3.63) is 32.4 Å². The third kappa shape index (κ3) is 4.31.